The minimum atomic E-state index is -0.343. The Morgan fingerprint density at radius 3 is 2.57 bits per heavy atom. The van der Waals surface area contributed by atoms with Crippen LogP contribution in [0.3, 0.4) is 0 Å². The molecular formula is C23H24N4O3. The highest BCUT2D eigenvalue weighted by molar-refractivity contribution is 5.97. The first-order valence-electron chi connectivity index (χ1n) is 10.0. The summed E-state index contributed by atoms with van der Waals surface area (Å²) in [5, 5.41) is 12.2. The fourth-order valence-corrected chi connectivity index (χ4v) is 3.54. The van der Waals surface area contributed by atoms with Gasteiger partial charge in [0.05, 0.1) is 0 Å². The lowest BCUT2D eigenvalue weighted by atomic mass is 10.1. The number of hydrogen-bond donors (Lipinski definition) is 1. The number of nitrogens with zero attached hydrogens (tertiary/aromatic N) is 3. The summed E-state index contributed by atoms with van der Waals surface area (Å²) in [5.74, 6) is 1.25. The van der Waals surface area contributed by atoms with E-state index in [2.05, 4.69) is 16.3 Å². The highest BCUT2D eigenvalue weighted by Crippen LogP contribution is 2.32. The van der Waals surface area contributed by atoms with E-state index >= 15 is 0 Å². The van der Waals surface area contributed by atoms with Crippen LogP contribution in [0.4, 0.5) is 0 Å². The van der Waals surface area contributed by atoms with Gasteiger partial charge in [-0.1, -0.05) is 36.4 Å². The van der Waals surface area contributed by atoms with Gasteiger partial charge in [0.1, 0.15) is 11.6 Å². The van der Waals surface area contributed by atoms with Gasteiger partial charge in [-0.3, -0.25) is 9.69 Å². The van der Waals surface area contributed by atoms with Crippen molar-refractivity contribution in [3.8, 4) is 17.6 Å². The third-order valence-electron chi connectivity index (χ3n) is 5.22. The average molecular weight is 404 g/mol. The van der Waals surface area contributed by atoms with Crippen LogP contribution in [-0.2, 0) is 17.9 Å². The third kappa shape index (κ3) is 4.91. The predicted molar refractivity (Wildman–Crippen MR) is 111 cm³/mol. The van der Waals surface area contributed by atoms with Gasteiger partial charge < -0.3 is 19.7 Å². The van der Waals surface area contributed by atoms with Crippen molar-refractivity contribution in [2.24, 2.45) is 0 Å². The number of nitrogens with one attached hydrogen (secondary N) is 1. The molecule has 4 rings (SSSR count). The van der Waals surface area contributed by atoms with E-state index in [-0.39, 0.29) is 18.3 Å². The Bertz CT molecular complexity index is 960. The summed E-state index contributed by atoms with van der Waals surface area (Å²) in [6.07, 6.45) is 1.68. The van der Waals surface area contributed by atoms with E-state index < -0.39 is 0 Å². The maximum absolute atomic E-state index is 12.4. The number of rotatable bonds is 6. The lowest BCUT2D eigenvalue weighted by Gasteiger charge is -2.34. The molecule has 0 atom stereocenters. The normalized spacial score (nSPS) is 16.2. The molecule has 2 aromatic carbocycles. The van der Waals surface area contributed by atoms with Crippen molar-refractivity contribution in [1.82, 2.24) is 15.1 Å². The minimum Gasteiger partial charge on any atom is -0.454 e. The van der Waals surface area contributed by atoms with E-state index in [1.54, 1.807) is 6.20 Å². The number of fused-ring (bicyclic) bond motifs is 1. The second-order valence-electron chi connectivity index (χ2n) is 7.32. The molecule has 2 aromatic rings. The molecule has 0 aromatic heterocycles. The number of nitriles is 1. The van der Waals surface area contributed by atoms with Crippen molar-refractivity contribution in [3.05, 3.63) is 71.4 Å². The van der Waals surface area contributed by atoms with E-state index in [1.807, 2.05) is 53.4 Å². The molecule has 0 radical (unpaired) electrons. The molecule has 0 aliphatic carbocycles. The van der Waals surface area contributed by atoms with Gasteiger partial charge in [-0.05, 0) is 23.3 Å². The first kappa shape index (κ1) is 19.8. The predicted octanol–water partition coefficient (Wildman–Crippen LogP) is 2.26. The zero-order valence-electron chi connectivity index (χ0n) is 16.7. The summed E-state index contributed by atoms with van der Waals surface area (Å²) in [6.45, 7) is 4.76. The maximum atomic E-state index is 12.4. The molecular weight excluding hydrogens is 380 g/mol. The lowest BCUT2D eigenvalue weighted by molar-refractivity contribution is -0.117. The number of ether oxygens (including phenoxy) is 2. The number of benzene rings is 2. The van der Waals surface area contributed by atoms with Crippen molar-refractivity contribution in [3.63, 3.8) is 0 Å². The Morgan fingerprint density at radius 1 is 1.03 bits per heavy atom. The molecule has 7 heteroatoms. The molecule has 2 heterocycles. The van der Waals surface area contributed by atoms with Crippen molar-refractivity contribution in [2.75, 3.05) is 33.0 Å². The Morgan fingerprint density at radius 2 is 1.80 bits per heavy atom. The zero-order valence-corrected chi connectivity index (χ0v) is 16.7. The third-order valence-corrected chi connectivity index (χ3v) is 5.22. The van der Waals surface area contributed by atoms with Crippen LogP contribution < -0.4 is 14.8 Å². The van der Waals surface area contributed by atoms with E-state index in [1.165, 1.54) is 5.56 Å². The van der Waals surface area contributed by atoms with Crippen molar-refractivity contribution in [2.45, 2.75) is 13.1 Å². The Labute approximate surface area is 176 Å². The molecule has 30 heavy (non-hydrogen) atoms. The van der Waals surface area contributed by atoms with Crippen molar-refractivity contribution < 1.29 is 14.3 Å². The summed E-state index contributed by atoms with van der Waals surface area (Å²) in [4.78, 5) is 16.7. The standard InChI is InChI=1S/C23H24N4O3/c24-13-20(23(28)25-14-18-4-2-1-3-5-18)16-27-10-8-26(9-11-27)15-19-6-7-21-22(12-19)30-17-29-21/h1-7,12,16H,8-11,14-15,17H2,(H,25,28). The zero-order chi connectivity index (χ0) is 20.8. The van der Waals surface area contributed by atoms with Crippen LogP contribution in [0.1, 0.15) is 11.1 Å². The molecule has 2 aliphatic heterocycles. The summed E-state index contributed by atoms with van der Waals surface area (Å²) in [5.41, 5.74) is 2.32. The molecule has 154 valence electrons. The molecule has 1 saturated heterocycles. The first-order chi connectivity index (χ1) is 14.7. The second-order valence-corrected chi connectivity index (χ2v) is 7.32. The molecule has 7 nitrogen and oxygen atoms in total. The Kier molecular flexibility index (Phi) is 6.16. The van der Waals surface area contributed by atoms with E-state index in [9.17, 15) is 10.1 Å². The summed E-state index contributed by atoms with van der Waals surface area (Å²) < 4.78 is 10.8. The Hall–Kier alpha value is -3.50. The number of carbonyl (C=O) groups excluding carboxylic acids is 1. The topological polar surface area (TPSA) is 77.8 Å². The van der Waals surface area contributed by atoms with Crippen LogP contribution >= 0.6 is 0 Å². The van der Waals surface area contributed by atoms with E-state index in [0.29, 0.717) is 6.54 Å². The number of hydrogen-bond acceptors (Lipinski definition) is 6. The quantitative estimate of drug-likeness (QED) is 0.588. The fourth-order valence-electron chi connectivity index (χ4n) is 3.54. The molecule has 1 amide bonds. The van der Waals surface area contributed by atoms with Crippen LogP contribution in [-0.4, -0.2) is 48.7 Å². The first-order valence-corrected chi connectivity index (χ1v) is 10.0. The molecule has 0 saturated carbocycles. The molecule has 2 aliphatic rings. The van der Waals surface area contributed by atoms with Crippen LogP contribution in [0.15, 0.2) is 60.3 Å². The largest absolute Gasteiger partial charge is 0.454 e. The summed E-state index contributed by atoms with van der Waals surface area (Å²) >= 11 is 0. The number of piperazine rings is 1. The van der Waals surface area contributed by atoms with Gasteiger partial charge in [-0.15, -0.1) is 0 Å². The van der Waals surface area contributed by atoms with Crippen molar-refractivity contribution >= 4 is 5.91 Å². The highest BCUT2D eigenvalue weighted by atomic mass is 16.7. The number of amides is 1. The van der Waals surface area contributed by atoms with Gasteiger partial charge in [-0.25, -0.2) is 0 Å². The second kappa shape index (κ2) is 9.33. The Balaban J connectivity index is 1.27. The SMILES string of the molecule is N#CC(=CN1CCN(Cc2ccc3c(c2)OCO3)CC1)C(=O)NCc1ccccc1. The van der Waals surface area contributed by atoms with Gasteiger partial charge in [0.15, 0.2) is 11.5 Å². The van der Waals surface area contributed by atoms with Crippen LogP contribution in [0, 0.1) is 11.3 Å². The highest BCUT2D eigenvalue weighted by Gasteiger charge is 2.19. The molecule has 0 unspecified atom stereocenters. The number of carbonyl (C=O) groups is 1. The van der Waals surface area contributed by atoms with E-state index in [4.69, 9.17) is 9.47 Å². The van der Waals surface area contributed by atoms with Crippen LogP contribution in [0.25, 0.3) is 0 Å². The fraction of sp³-hybridized carbons (Fsp3) is 0.304. The minimum absolute atomic E-state index is 0.134. The average Bonchev–Trinajstić information content (AvgIpc) is 3.25. The van der Waals surface area contributed by atoms with Gasteiger partial charge in [0, 0.05) is 45.5 Å². The molecule has 0 spiro atoms. The summed E-state index contributed by atoms with van der Waals surface area (Å²) in [6, 6.07) is 17.7. The van der Waals surface area contributed by atoms with E-state index in [0.717, 1.165) is 49.8 Å². The summed E-state index contributed by atoms with van der Waals surface area (Å²) in [7, 11) is 0. The monoisotopic (exact) mass is 404 g/mol. The van der Waals surface area contributed by atoms with Gasteiger partial charge in [-0.2, -0.15) is 5.26 Å². The lowest BCUT2D eigenvalue weighted by Crippen LogP contribution is -2.44. The van der Waals surface area contributed by atoms with Crippen LogP contribution in [0.5, 0.6) is 11.5 Å². The maximum Gasteiger partial charge on any atom is 0.263 e. The molecule has 0 bridgehead atoms. The molecule has 1 N–H and O–H groups in total. The smallest absolute Gasteiger partial charge is 0.263 e. The molecule has 1 fully saturated rings. The van der Waals surface area contributed by atoms with Crippen LogP contribution in [0.2, 0.25) is 0 Å². The van der Waals surface area contributed by atoms with Gasteiger partial charge in [0.25, 0.3) is 5.91 Å². The van der Waals surface area contributed by atoms with Crippen molar-refractivity contribution in [1.29, 1.82) is 5.26 Å². The van der Waals surface area contributed by atoms with Gasteiger partial charge >= 0.3 is 0 Å². The van der Waals surface area contributed by atoms with Gasteiger partial charge in [0.2, 0.25) is 6.79 Å².